The Morgan fingerprint density at radius 2 is 1.68 bits per heavy atom. The van der Waals surface area contributed by atoms with Crippen molar-refractivity contribution in [2.24, 2.45) is 22.5 Å². The van der Waals surface area contributed by atoms with Crippen molar-refractivity contribution in [2.45, 2.75) is 73.8 Å². The molecule has 0 aliphatic heterocycles. The number of carbonyl (C=O) groups excluding carboxylic acids is 1. The van der Waals surface area contributed by atoms with Gasteiger partial charge in [-0.1, -0.05) is 48.5 Å². The highest BCUT2D eigenvalue weighted by Crippen LogP contribution is 2.26. The van der Waals surface area contributed by atoms with Crippen LogP contribution in [0.4, 0.5) is 0 Å². The SMILES string of the molecule is CC(CC(=O)NC(CCN)C(C)(C)C)CC(C)(C)C. The molecule has 0 aliphatic carbocycles. The third-order valence-electron chi connectivity index (χ3n) is 3.33. The fourth-order valence-electron chi connectivity index (χ4n) is 2.58. The van der Waals surface area contributed by atoms with Crippen molar-refractivity contribution in [1.29, 1.82) is 0 Å². The molecule has 3 heteroatoms. The largest absolute Gasteiger partial charge is 0.353 e. The van der Waals surface area contributed by atoms with Gasteiger partial charge in [-0.25, -0.2) is 0 Å². The predicted octanol–water partition coefficient (Wildman–Crippen LogP) is 3.33. The van der Waals surface area contributed by atoms with E-state index in [9.17, 15) is 4.79 Å². The summed E-state index contributed by atoms with van der Waals surface area (Å²) in [5, 5.41) is 3.16. The second-order valence-electron chi connectivity index (χ2n) is 8.14. The van der Waals surface area contributed by atoms with Crippen LogP contribution >= 0.6 is 0 Å². The highest BCUT2D eigenvalue weighted by Gasteiger charge is 2.26. The van der Waals surface area contributed by atoms with Crippen LogP contribution in [0.5, 0.6) is 0 Å². The molecule has 0 saturated carbocycles. The van der Waals surface area contributed by atoms with E-state index in [2.05, 4.69) is 53.8 Å². The van der Waals surface area contributed by atoms with Gasteiger partial charge >= 0.3 is 0 Å². The molecule has 0 aromatic heterocycles. The van der Waals surface area contributed by atoms with Crippen LogP contribution in [0, 0.1) is 16.7 Å². The number of amides is 1. The molecule has 3 nitrogen and oxygen atoms in total. The maximum absolute atomic E-state index is 12.1. The van der Waals surface area contributed by atoms with Crippen LogP contribution < -0.4 is 11.1 Å². The van der Waals surface area contributed by atoms with Crippen molar-refractivity contribution in [2.75, 3.05) is 6.54 Å². The molecule has 3 N–H and O–H groups in total. The van der Waals surface area contributed by atoms with Crippen molar-refractivity contribution < 1.29 is 4.79 Å². The summed E-state index contributed by atoms with van der Waals surface area (Å²) >= 11 is 0. The molecule has 114 valence electrons. The molecule has 0 spiro atoms. The van der Waals surface area contributed by atoms with E-state index < -0.39 is 0 Å². The summed E-state index contributed by atoms with van der Waals surface area (Å²) in [7, 11) is 0. The summed E-state index contributed by atoms with van der Waals surface area (Å²) in [5.74, 6) is 0.573. The van der Waals surface area contributed by atoms with E-state index in [4.69, 9.17) is 5.73 Å². The Morgan fingerprint density at radius 1 is 1.16 bits per heavy atom. The summed E-state index contributed by atoms with van der Waals surface area (Å²) < 4.78 is 0. The molecule has 0 heterocycles. The van der Waals surface area contributed by atoms with Gasteiger partial charge in [0, 0.05) is 12.5 Å². The Balaban J connectivity index is 4.35. The number of hydrogen-bond acceptors (Lipinski definition) is 2. The van der Waals surface area contributed by atoms with Crippen LogP contribution in [0.3, 0.4) is 0 Å². The molecule has 1 amide bonds. The smallest absolute Gasteiger partial charge is 0.220 e. The molecular formula is C16H34N2O. The van der Waals surface area contributed by atoms with E-state index in [0.29, 0.717) is 18.9 Å². The van der Waals surface area contributed by atoms with Crippen LogP contribution in [0.25, 0.3) is 0 Å². The van der Waals surface area contributed by atoms with Gasteiger partial charge in [0.1, 0.15) is 0 Å². The van der Waals surface area contributed by atoms with Crippen LogP contribution in [0.15, 0.2) is 0 Å². The quantitative estimate of drug-likeness (QED) is 0.778. The third kappa shape index (κ3) is 9.04. The first-order chi connectivity index (χ1) is 8.45. The van der Waals surface area contributed by atoms with Crippen molar-refractivity contribution in [1.82, 2.24) is 5.32 Å². The van der Waals surface area contributed by atoms with Crippen LogP contribution in [-0.2, 0) is 4.79 Å². The summed E-state index contributed by atoms with van der Waals surface area (Å²) in [5.41, 5.74) is 5.97. The second kappa shape index (κ2) is 7.28. The van der Waals surface area contributed by atoms with E-state index in [1.54, 1.807) is 0 Å². The number of nitrogens with one attached hydrogen (secondary N) is 1. The average molecular weight is 270 g/mol. The molecule has 0 aromatic rings. The van der Waals surface area contributed by atoms with Crippen molar-refractivity contribution >= 4 is 5.91 Å². The molecule has 0 fully saturated rings. The molecule has 0 saturated heterocycles. The Hall–Kier alpha value is -0.570. The fraction of sp³-hybridized carbons (Fsp3) is 0.938. The minimum Gasteiger partial charge on any atom is -0.353 e. The molecule has 0 aromatic carbocycles. The molecule has 2 unspecified atom stereocenters. The molecule has 0 aliphatic rings. The second-order valence-corrected chi connectivity index (χ2v) is 8.14. The number of hydrogen-bond donors (Lipinski definition) is 2. The molecule has 0 radical (unpaired) electrons. The normalized spacial score (nSPS) is 16.0. The predicted molar refractivity (Wildman–Crippen MR) is 82.9 cm³/mol. The van der Waals surface area contributed by atoms with Gasteiger partial charge in [-0.3, -0.25) is 4.79 Å². The van der Waals surface area contributed by atoms with Crippen molar-refractivity contribution in [3.8, 4) is 0 Å². The van der Waals surface area contributed by atoms with E-state index >= 15 is 0 Å². The van der Waals surface area contributed by atoms with Gasteiger partial charge in [-0.05, 0) is 36.1 Å². The van der Waals surface area contributed by atoms with Crippen molar-refractivity contribution in [3.05, 3.63) is 0 Å². The number of rotatable bonds is 6. The highest BCUT2D eigenvalue weighted by molar-refractivity contribution is 5.76. The number of carbonyl (C=O) groups is 1. The topological polar surface area (TPSA) is 55.1 Å². The molecule has 2 atom stereocenters. The van der Waals surface area contributed by atoms with Gasteiger partial charge in [0.05, 0.1) is 0 Å². The third-order valence-corrected chi connectivity index (χ3v) is 3.33. The van der Waals surface area contributed by atoms with E-state index in [1.807, 2.05) is 0 Å². The van der Waals surface area contributed by atoms with Crippen molar-refractivity contribution in [3.63, 3.8) is 0 Å². The highest BCUT2D eigenvalue weighted by atomic mass is 16.1. The Labute approximate surface area is 119 Å². The zero-order valence-corrected chi connectivity index (χ0v) is 14.0. The van der Waals surface area contributed by atoms with E-state index in [1.165, 1.54) is 0 Å². The zero-order valence-electron chi connectivity index (χ0n) is 14.0. The number of nitrogens with two attached hydrogens (primary N) is 1. The van der Waals surface area contributed by atoms with Gasteiger partial charge in [-0.2, -0.15) is 0 Å². The van der Waals surface area contributed by atoms with Crippen LogP contribution in [0.1, 0.15) is 67.7 Å². The Bertz CT molecular complexity index is 273. The standard InChI is InChI=1S/C16H34N2O/c1-12(11-15(2,3)4)10-14(19)18-13(8-9-17)16(5,6)7/h12-13H,8-11,17H2,1-7H3,(H,18,19). The lowest BCUT2D eigenvalue weighted by Crippen LogP contribution is -2.45. The average Bonchev–Trinajstić information content (AvgIpc) is 2.11. The summed E-state index contributed by atoms with van der Waals surface area (Å²) in [6.45, 7) is 15.8. The molecule has 0 rings (SSSR count). The first kappa shape index (κ1) is 18.4. The van der Waals surface area contributed by atoms with Gasteiger partial charge in [0.25, 0.3) is 0 Å². The fourth-order valence-corrected chi connectivity index (χ4v) is 2.58. The van der Waals surface area contributed by atoms with Crippen LogP contribution in [0.2, 0.25) is 0 Å². The summed E-state index contributed by atoms with van der Waals surface area (Å²) in [4.78, 5) is 12.1. The Morgan fingerprint density at radius 3 is 2.05 bits per heavy atom. The first-order valence-corrected chi connectivity index (χ1v) is 7.45. The summed E-state index contributed by atoms with van der Waals surface area (Å²) in [6, 6.07) is 0.159. The van der Waals surface area contributed by atoms with Gasteiger partial charge in [-0.15, -0.1) is 0 Å². The molecular weight excluding hydrogens is 236 g/mol. The summed E-state index contributed by atoms with van der Waals surface area (Å²) in [6.07, 6.45) is 2.51. The lowest BCUT2D eigenvalue weighted by molar-refractivity contribution is -0.123. The molecule has 0 bridgehead atoms. The van der Waals surface area contributed by atoms with E-state index in [-0.39, 0.29) is 22.8 Å². The van der Waals surface area contributed by atoms with Gasteiger partial charge < -0.3 is 11.1 Å². The Kier molecular flexibility index (Phi) is 7.06. The van der Waals surface area contributed by atoms with Gasteiger partial charge in [0.2, 0.25) is 5.91 Å². The van der Waals surface area contributed by atoms with Crippen LogP contribution in [-0.4, -0.2) is 18.5 Å². The lowest BCUT2D eigenvalue weighted by Gasteiger charge is -2.32. The van der Waals surface area contributed by atoms with E-state index in [0.717, 1.165) is 12.8 Å². The monoisotopic (exact) mass is 270 g/mol. The first-order valence-electron chi connectivity index (χ1n) is 7.45. The lowest BCUT2D eigenvalue weighted by atomic mass is 9.83. The zero-order chi connectivity index (χ0) is 15.3. The van der Waals surface area contributed by atoms with Gasteiger partial charge in [0.15, 0.2) is 0 Å². The maximum atomic E-state index is 12.1. The minimum atomic E-state index is 0.0578. The molecule has 19 heavy (non-hydrogen) atoms. The minimum absolute atomic E-state index is 0.0578. The maximum Gasteiger partial charge on any atom is 0.220 e.